The largest absolute Gasteiger partial charge is 0.392 e. The summed E-state index contributed by atoms with van der Waals surface area (Å²) in [6, 6.07) is -0.0636. The molecule has 2 heterocycles. The molecule has 3 unspecified atom stereocenters. The molecule has 0 spiro atoms. The Morgan fingerprint density at radius 3 is 3.00 bits per heavy atom. The summed E-state index contributed by atoms with van der Waals surface area (Å²) in [6.45, 7) is 4.40. The van der Waals surface area contributed by atoms with E-state index >= 15 is 0 Å². The summed E-state index contributed by atoms with van der Waals surface area (Å²) in [5, 5.41) is 12.4. The van der Waals surface area contributed by atoms with Crippen molar-refractivity contribution >= 4 is 5.91 Å². The van der Waals surface area contributed by atoms with Gasteiger partial charge in [-0.25, -0.2) is 0 Å². The maximum atomic E-state index is 12.1. The third-order valence-electron chi connectivity index (χ3n) is 3.06. The Morgan fingerprint density at radius 1 is 1.60 bits per heavy atom. The summed E-state index contributed by atoms with van der Waals surface area (Å²) in [5.74, 6) is 0.0994. The third kappa shape index (κ3) is 2.30. The number of nitrogens with one attached hydrogen (secondary N) is 1. The van der Waals surface area contributed by atoms with Crippen molar-refractivity contribution in [3.8, 4) is 0 Å². The minimum atomic E-state index is -0.379. The van der Waals surface area contributed by atoms with Crippen molar-refractivity contribution in [2.45, 2.75) is 31.5 Å². The molecule has 0 aliphatic carbocycles. The van der Waals surface area contributed by atoms with Crippen molar-refractivity contribution in [2.24, 2.45) is 0 Å². The van der Waals surface area contributed by atoms with Gasteiger partial charge in [0.25, 0.3) is 0 Å². The van der Waals surface area contributed by atoms with Crippen LogP contribution in [0.4, 0.5) is 0 Å². The van der Waals surface area contributed by atoms with Gasteiger partial charge in [-0.05, 0) is 13.3 Å². The molecular weight excluding hydrogens is 196 g/mol. The van der Waals surface area contributed by atoms with Gasteiger partial charge in [0.15, 0.2) is 0 Å². The number of carbonyl (C=O) groups is 1. The summed E-state index contributed by atoms with van der Waals surface area (Å²) in [4.78, 5) is 13.9. The van der Waals surface area contributed by atoms with Crippen LogP contribution in [0.3, 0.4) is 0 Å². The van der Waals surface area contributed by atoms with Crippen LogP contribution in [-0.2, 0) is 9.53 Å². The Morgan fingerprint density at radius 2 is 2.40 bits per heavy atom. The first-order chi connectivity index (χ1) is 7.18. The number of aliphatic hydroxyl groups is 1. The fourth-order valence-corrected chi connectivity index (χ4v) is 2.16. The van der Waals surface area contributed by atoms with E-state index in [4.69, 9.17) is 4.74 Å². The predicted octanol–water partition coefficient (Wildman–Crippen LogP) is -1.04. The van der Waals surface area contributed by atoms with E-state index in [1.807, 2.05) is 11.8 Å². The monoisotopic (exact) mass is 214 g/mol. The van der Waals surface area contributed by atoms with Gasteiger partial charge in [0, 0.05) is 13.1 Å². The lowest BCUT2D eigenvalue weighted by Crippen LogP contribution is -2.52. The quantitative estimate of drug-likeness (QED) is 0.585. The summed E-state index contributed by atoms with van der Waals surface area (Å²) >= 11 is 0. The van der Waals surface area contributed by atoms with Gasteiger partial charge in [0.05, 0.1) is 31.4 Å². The molecule has 5 heteroatoms. The topological polar surface area (TPSA) is 61.8 Å². The van der Waals surface area contributed by atoms with Gasteiger partial charge in [0.1, 0.15) is 0 Å². The minimum absolute atomic E-state index is 0.0994. The molecule has 2 saturated heterocycles. The van der Waals surface area contributed by atoms with E-state index in [-0.39, 0.29) is 24.1 Å². The number of carbonyl (C=O) groups excluding carboxylic acids is 1. The van der Waals surface area contributed by atoms with E-state index < -0.39 is 0 Å². The van der Waals surface area contributed by atoms with Gasteiger partial charge in [-0.15, -0.1) is 0 Å². The Hall–Kier alpha value is -0.650. The second-order valence-electron chi connectivity index (χ2n) is 4.31. The number of hydrogen-bond acceptors (Lipinski definition) is 4. The first-order valence-corrected chi connectivity index (χ1v) is 5.48. The molecule has 0 bridgehead atoms. The Labute approximate surface area is 89.4 Å². The van der Waals surface area contributed by atoms with Crippen LogP contribution in [0.2, 0.25) is 0 Å². The zero-order valence-corrected chi connectivity index (χ0v) is 8.98. The van der Waals surface area contributed by atoms with E-state index in [9.17, 15) is 9.90 Å². The Balaban J connectivity index is 1.94. The smallest absolute Gasteiger partial charge is 0.240 e. The molecule has 0 aromatic carbocycles. The first-order valence-electron chi connectivity index (χ1n) is 5.48. The number of aliphatic hydroxyl groups excluding tert-OH is 1. The van der Waals surface area contributed by atoms with Gasteiger partial charge >= 0.3 is 0 Å². The van der Waals surface area contributed by atoms with Crippen LogP contribution >= 0.6 is 0 Å². The number of hydrogen-bond donors (Lipinski definition) is 2. The van der Waals surface area contributed by atoms with Gasteiger partial charge in [-0.2, -0.15) is 0 Å². The zero-order chi connectivity index (χ0) is 10.8. The highest BCUT2D eigenvalue weighted by atomic mass is 16.5. The molecule has 0 radical (unpaired) electrons. The fraction of sp³-hybridized carbons (Fsp3) is 0.900. The zero-order valence-electron chi connectivity index (χ0n) is 8.98. The number of morpholine rings is 1. The summed E-state index contributed by atoms with van der Waals surface area (Å²) < 4.78 is 5.28. The lowest BCUT2D eigenvalue weighted by molar-refractivity contribution is -0.141. The standard InChI is InChI=1S/C10H18N2O3/c1-7-6-15-3-2-12(7)10(14)9-4-8(13)5-11-9/h7-9,11,13H,2-6H2,1H3. The normalized spacial score (nSPS) is 36.9. The predicted molar refractivity (Wildman–Crippen MR) is 54.4 cm³/mol. The molecule has 1 amide bonds. The van der Waals surface area contributed by atoms with Crippen molar-refractivity contribution in [3.63, 3.8) is 0 Å². The van der Waals surface area contributed by atoms with Crippen LogP contribution in [0.15, 0.2) is 0 Å². The average Bonchev–Trinajstić information content (AvgIpc) is 2.65. The summed E-state index contributed by atoms with van der Waals surface area (Å²) in [7, 11) is 0. The number of rotatable bonds is 1. The van der Waals surface area contributed by atoms with Crippen LogP contribution in [0.25, 0.3) is 0 Å². The number of amides is 1. The molecule has 2 aliphatic rings. The van der Waals surface area contributed by atoms with E-state index in [0.717, 1.165) is 0 Å². The second kappa shape index (κ2) is 4.47. The number of ether oxygens (including phenoxy) is 1. The molecule has 2 N–H and O–H groups in total. The first kappa shape index (κ1) is 10.9. The highest BCUT2D eigenvalue weighted by Crippen LogP contribution is 2.13. The maximum Gasteiger partial charge on any atom is 0.240 e. The highest BCUT2D eigenvalue weighted by molar-refractivity contribution is 5.82. The third-order valence-corrected chi connectivity index (χ3v) is 3.06. The molecule has 86 valence electrons. The van der Waals surface area contributed by atoms with Crippen LogP contribution in [0, 0.1) is 0 Å². The van der Waals surface area contributed by atoms with Crippen molar-refractivity contribution in [1.82, 2.24) is 10.2 Å². The molecule has 0 aromatic rings. The van der Waals surface area contributed by atoms with Crippen LogP contribution in [0.1, 0.15) is 13.3 Å². The fourth-order valence-electron chi connectivity index (χ4n) is 2.16. The highest BCUT2D eigenvalue weighted by Gasteiger charge is 2.34. The summed E-state index contributed by atoms with van der Waals surface area (Å²) in [6.07, 6.45) is 0.151. The molecule has 2 aliphatic heterocycles. The van der Waals surface area contributed by atoms with Gasteiger partial charge in [0.2, 0.25) is 5.91 Å². The number of nitrogens with zero attached hydrogens (tertiary/aromatic N) is 1. The lowest BCUT2D eigenvalue weighted by Gasteiger charge is -2.35. The molecule has 0 aromatic heterocycles. The van der Waals surface area contributed by atoms with Crippen molar-refractivity contribution in [3.05, 3.63) is 0 Å². The molecule has 2 rings (SSSR count). The molecule has 15 heavy (non-hydrogen) atoms. The molecule has 0 saturated carbocycles. The molecular formula is C10H18N2O3. The van der Waals surface area contributed by atoms with Gasteiger partial charge in [-0.3, -0.25) is 4.79 Å². The van der Waals surface area contributed by atoms with E-state index in [0.29, 0.717) is 32.7 Å². The SMILES string of the molecule is CC1COCCN1C(=O)C1CC(O)CN1. The number of β-amino-alcohol motifs (C(OH)–C–C–N with tert-alkyl or cyclic N) is 1. The molecule has 2 fully saturated rings. The van der Waals surface area contributed by atoms with Gasteiger partial charge < -0.3 is 20.1 Å². The van der Waals surface area contributed by atoms with E-state index in [2.05, 4.69) is 5.32 Å². The maximum absolute atomic E-state index is 12.1. The Kier molecular flexibility index (Phi) is 3.23. The van der Waals surface area contributed by atoms with Crippen LogP contribution in [0.5, 0.6) is 0 Å². The average molecular weight is 214 g/mol. The van der Waals surface area contributed by atoms with Crippen molar-refractivity contribution in [1.29, 1.82) is 0 Å². The van der Waals surface area contributed by atoms with E-state index in [1.54, 1.807) is 0 Å². The Bertz CT molecular complexity index is 247. The van der Waals surface area contributed by atoms with E-state index in [1.165, 1.54) is 0 Å². The molecule has 3 atom stereocenters. The van der Waals surface area contributed by atoms with Crippen molar-refractivity contribution < 1.29 is 14.6 Å². The summed E-state index contributed by atoms with van der Waals surface area (Å²) in [5.41, 5.74) is 0. The second-order valence-corrected chi connectivity index (χ2v) is 4.31. The van der Waals surface area contributed by atoms with Crippen LogP contribution in [-0.4, -0.2) is 60.4 Å². The van der Waals surface area contributed by atoms with Gasteiger partial charge in [-0.1, -0.05) is 0 Å². The molecule has 5 nitrogen and oxygen atoms in total. The van der Waals surface area contributed by atoms with Crippen molar-refractivity contribution in [2.75, 3.05) is 26.3 Å². The van der Waals surface area contributed by atoms with Crippen LogP contribution < -0.4 is 5.32 Å². The minimum Gasteiger partial charge on any atom is -0.392 e. The lowest BCUT2D eigenvalue weighted by atomic mass is 10.1.